The lowest BCUT2D eigenvalue weighted by Gasteiger charge is -1.96. The molecule has 0 bridgehead atoms. The van der Waals surface area contributed by atoms with E-state index in [0.29, 0.717) is 18.1 Å². The van der Waals surface area contributed by atoms with Gasteiger partial charge in [0.05, 0.1) is 12.7 Å². The molecular formula is C14H14N4O2. The van der Waals surface area contributed by atoms with Crippen LogP contribution in [0.3, 0.4) is 0 Å². The maximum Gasteiger partial charge on any atom is 0.293 e. The molecule has 0 saturated heterocycles. The summed E-state index contributed by atoms with van der Waals surface area (Å²) in [4.78, 5) is 4.43. The third kappa shape index (κ3) is 1.76. The lowest BCUT2D eigenvalue weighted by atomic mass is 10.2. The molecule has 0 aliphatic heterocycles. The molecule has 3 aromatic rings. The number of aryl methyl sites for hydroxylation is 2. The van der Waals surface area contributed by atoms with Crippen molar-refractivity contribution in [2.45, 2.75) is 25.7 Å². The average Bonchev–Trinajstić information content (AvgIpc) is 3.15. The first-order valence-corrected chi connectivity index (χ1v) is 6.70. The summed E-state index contributed by atoms with van der Waals surface area (Å²) in [5.41, 5.74) is 3.54. The van der Waals surface area contributed by atoms with E-state index >= 15 is 0 Å². The largest absolute Gasteiger partial charge is 0.459 e. The predicted octanol–water partition coefficient (Wildman–Crippen LogP) is 2.14. The highest BCUT2D eigenvalue weighted by molar-refractivity contribution is 5.55. The normalized spacial score (nSPS) is 13.8. The summed E-state index contributed by atoms with van der Waals surface area (Å²) in [6.45, 7) is 0. The number of rotatable bonds is 3. The van der Waals surface area contributed by atoms with Crippen LogP contribution in [-0.2, 0) is 26.3 Å². The van der Waals surface area contributed by atoms with E-state index in [1.54, 1.807) is 10.9 Å². The molecule has 0 amide bonds. The summed E-state index contributed by atoms with van der Waals surface area (Å²) in [5.74, 6) is 1.86. The van der Waals surface area contributed by atoms with E-state index in [2.05, 4.69) is 15.2 Å². The van der Waals surface area contributed by atoms with Gasteiger partial charge in [-0.2, -0.15) is 10.1 Å². The highest BCUT2D eigenvalue weighted by Crippen LogP contribution is 2.33. The molecule has 6 heteroatoms. The van der Waals surface area contributed by atoms with E-state index < -0.39 is 0 Å². The van der Waals surface area contributed by atoms with E-state index in [1.165, 1.54) is 17.5 Å². The summed E-state index contributed by atoms with van der Waals surface area (Å²) in [7, 11) is 1.90. The summed E-state index contributed by atoms with van der Waals surface area (Å²) in [6, 6.07) is 1.95. The van der Waals surface area contributed by atoms with E-state index in [0.717, 1.165) is 24.3 Å². The molecule has 0 radical (unpaired) electrons. The van der Waals surface area contributed by atoms with E-state index in [1.807, 2.05) is 19.4 Å². The van der Waals surface area contributed by atoms with Gasteiger partial charge in [-0.1, -0.05) is 5.16 Å². The van der Waals surface area contributed by atoms with Gasteiger partial charge in [0.15, 0.2) is 11.6 Å². The maximum absolute atomic E-state index is 5.58. The third-order valence-corrected chi connectivity index (χ3v) is 3.78. The van der Waals surface area contributed by atoms with Crippen molar-refractivity contribution in [1.29, 1.82) is 0 Å². The molecule has 3 heterocycles. The van der Waals surface area contributed by atoms with Crippen LogP contribution in [0.2, 0.25) is 0 Å². The van der Waals surface area contributed by atoms with Gasteiger partial charge >= 0.3 is 0 Å². The van der Waals surface area contributed by atoms with Gasteiger partial charge in [-0.15, -0.1) is 0 Å². The van der Waals surface area contributed by atoms with Gasteiger partial charge in [-0.3, -0.25) is 4.68 Å². The van der Waals surface area contributed by atoms with Crippen molar-refractivity contribution < 1.29 is 8.94 Å². The zero-order chi connectivity index (χ0) is 13.5. The third-order valence-electron chi connectivity index (χ3n) is 3.78. The summed E-state index contributed by atoms with van der Waals surface area (Å²) >= 11 is 0. The van der Waals surface area contributed by atoms with Crippen LogP contribution in [-0.4, -0.2) is 19.9 Å². The second-order valence-electron chi connectivity index (χ2n) is 5.06. The van der Waals surface area contributed by atoms with Crippen LogP contribution in [0.25, 0.3) is 11.7 Å². The highest BCUT2D eigenvalue weighted by atomic mass is 16.5. The Labute approximate surface area is 115 Å². The first kappa shape index (κ1) is 11.5. The second-order valence-corrected chi connectivity index (χ2v) is 5.06. The Morgan fingerprint density at radius 3 is 3.15 bits per heavy atom. The van der Waals surface area contributed by atoms with Crippen LogP contribution in [0.4, 0.5) is 0 Å². The SMILES string of the molecule is Cn1nccc1Cc1noc(-c2occ3c2CCC3)n1. The molecule has 1 aliphatic carbocycles. The molecule has 20 heavy (non-hydrogen) atoms. The summed E-state index contributed by atoms with van der Waals surface area (Å²) in [5, 5.41) is 8.16. The number of aromatic nitrogens is 4. The van der Waals surface area contributed by atoms with Crippen molar-refractivity contribution in [2.24, 2.45) is 7.05 Å². The standard InChI is InChI=1S/C14H14N4O2/c1-18-10(5-6-15-18)7-12-16-14(20-17-12)13-11-4-2-3-9(11)8-19-13/h5-6,8H,2-4,7H2,1H3. The number of fused-ring (bicyclic) bond motifs is 1. The minimum absolute atomic E-state index is 0.477. The molecule has 102 valence electrons. The average molecular weight is 270 g/mol. The smallest absolute Gasteiger partial charge is 0.293 e. The zero-order valence-corrected chi connectivity index (χ0v) is 11.2. The van der Waals surface area contributed by atoms with Crippen LogP contribution in [0, 0.1) is 0 Å². The molecular weight excluding hydrogens is 256 g/mol. The summed E-state index contributed by atoms with van der Waals surface area (Å²) in [6.07, 6.45) is 7.45. The Bertz CT molecular complexity index is 753. The molecule has 4 rings (SSSR count). The van der Waals surface area contributed by atoms with Gasteiger partial charge < -0.3 is 8.94 Å². The van der Waals surface area contributed by atoms with Crippen molar-refractivity contribution in [3.63, 3.8) is 0 Å². The fraction of sp³-hybridized carbons (Fsp3) is 0.357. The minimum Gasteiger partial charge on any atom is -0.459 e. The topological polar surface area (TPSA) is 69.9 Å². The van der Waals surface area contributed by atoms with Crippen LogP contribution >= 0.6 is 0 Å². The molecule has 1 aliphatic rings. The molecule has 0 aromatic carbocycles. The fourth-order valence-electron chi connectivity index (χ4n) is 2.69. The van der Waals surface area contributed by atoms with Crippen LogP contribution in [0.15, 0.2) is 27.5 Å². The Morgan fingerprint density at radius 1 is 1.35 bits per heavy atom. The molecule has 0 N–H and O–H groups in total. The van der Waals surface area contributed by atoms with Crippen molar-refractivity contribution in [2.75, 3.05) is 0 Å². The fourth-order valence-corrected chi connectivity index (χ4v) is 2.69. The molecule has 3 aromatic heterocycles. The lowest BCUT2D eigenvalue weighted by Crippen LogP contribution is -2.00. The van der Waals surface area contributed by atoms with Crippen molar-refractivity contribution in [3.05, 3.63) is 41.2 Å². The van der Waals surface area contributed by atoms with Gasteiger partial charge in [0.1, 0.15) is 0 Å². The summed E-state index contributed by atoms with van der Waals surface area (Å²) < 4.78 is 12.7. The molecule has 0 atom stereocenters. The number of hydrogen-bond acceptors (Lipinski definition) is 5. The van der Waals surface area contributed by atoms with Gasteiger partial charge in [-0.05, 0) is 30.9 Å². The molecule has 0 fully saturated rings. The van der Waals surface area contributed by atoms with Crippen molar-refractivity contribution >= 4 is 0 Å². The predicted molar refractivity (Wildman–Crippen MR) is 70.0 cm³/mol. The monoisotopic (exact) mass is 270 g/mol. The second kappa shape index (κ2) is 4.33. The number of hydrogen-bond donors (Lipinski definition) is 0. The van der Waals surface area contributed by atoms with Crippen molar-refractivity contribution in [1.82, 2.24) is 19.9 Å². The van der Waals surface area contributed by atoms with E-state index in [9.17, 15) is 0 Å². The first-order valence-electron chi connectivity index (χ1n) is 6.70. The number of nitrogens with zero attached hydrogens (tertiary/aromatic N) is 4. The highest BCUT2D eigenvalue weighted by Gasteiger charge is 2.23. The zero-order valence-electron chi connectivity index (χ0n) is 11.2. The number of furan rings is 1. The van der Waals surface area contributed by atoms with Gasteiger partial charge in [0.25, 0.3) is 5.89 Å². The minimum atomic E-state index is 0.477. The molecule has 6 nitrogen and oxygen atoms in total. The van der Waals surface area contributed by atoms with Crippen LogP contribution < -0.4 is 0 Å². The Morgan fingerprint density at radius 2 is 2.30 bits per heavy atom. The van der Waals surface area contributed by atoms with Gasteiger partial charge in [0, 0.05) is 24.5 Å². The first-order chi connectivity index (χ1) is 9.81. The van der Waals surface area contributed by atoms with E-state index in [-0.39, 0.29) is 0 Å². The molecule has 0 saturated carbocycles. The van der Waals surface area contributed by atoms with Crippen LogP contribution in [0.5, 0.6) is 0 Å². The lowest BCUT2D eigenvalue weighted by molar-refractivity contribution is 0.408. The van der Waals surface area contributed by atoms with Gasteiger partial charge in [-0.25, -0.2) is 0 Å². The molecule has 0 spiro atoms. The maximum atomic E-state index is 5.58. The van der Waals surface area contributed by atoms with E-state index in [4.69, 9.17) is 8.94 Å². The Hall–Kier alpha value is -2.37. The van der Waals surface area contributed by atoms with Gasteiger partial charge in [0.2, 0.25) is 0 Å². The quantitative estimate of drug-likeness (QED) is 0.729. The Kier molecular flexibility index (Phi) is 2.48. The van der Waals surface area contributed by atoms with Crippen molar-refractivity contribution in [3.8, 4) is 11.7 Å². The van der Waals surface area contributed by atoms with Crippen LogP contribution in [0.1, 0.15) is 29.1 Å². The molecule has 0 unspecified atom stereocenters. The Balaban J connectivity index is 1.63.